The van der Waals surface area contributed by atoms with Crippen LogP contribution in [-0.2, 0) is 10.0 Å². The molecule has 0 unspecified atom stereocenters. The van der Waals surface area contributed by atoms with Crippen molar-refractivity contribution in [2.45, 2.75) is 18.4 Å². The van der Waals surface area contributed by atoms with Crippen LogP contribution in [0.15, 0.2) is 11.1 Å². The third-order valence-corrected chi connectivity index (χ3v) is 2.55. The molecule has 0 aliphatic rings. The number of sulfonamides is 1. The Balaban J connectivity index is 3.50. The summed E-state index contributed by atoms with van der Waals surface area (Å²) in [6.45, 7) is 1.08. The lowest BCUT2D eigenvalue weighted by Crippen LogP contribution is -2.16. The molecule has 0 aliphatic carbocycles. The number of alkyl halides is 2. The number of aromatic nitrogens is 1. The largest absolute Gasteiger partial charge is 0.264 e. The molecule has 0 aromatic carbocycles. The molecule has 0 saturated carbocycles. The first-order valence-corrected chi connectivity index (χ1v) is 5.26. The molecule has 0 spiro atoms. The summed E-state index contributed by atoms with van der Waals surface area (Å²) in [5.74, 6) is -1.27. The molecule has 2 N–H and O–H groups in total. The van der Waals surface area contributed by atoms with E-state index in [4.69, 9.17) is 0 Å². The van der Waals surface area contributed by atoms with Gasteiger partial charge in [-0.3, -0.25) is 0 Å². The molecule has 0 bridgehead atoms. The van der Waals surface area contributed by atoms with Gasteiger partial charge in [0, 0.05) is 11.1 Å². The van der Waals surface area contributed by atoms with Crippen LogP contribution in [0, 0.1) is 12.9 Å². The minimum absolute atomic E-state index is 0.391. The Bertz CT molecular complexity index is 487. The lowest BCUT2D eigenvalue weighted by molar-refractivity contribution is 0.149. The lowest BCUT2D eigenvalue weighted by Gasteiger charge is -2.06. The van der Waals surface area contributed by atoms with Gasteiger partial charge in [0.1, 0.15) is 0 Å². The molecule has 4 nitrogen and oxygen atoms in total. The quantitative estimate of drug-likeness (QED) is 0.787. The topological polar surface area (TPSA) is 73.1 Å². The van der Waals surface area contributed by atoms with Crippen LogP contribution in [-0.4, -0.2) is 13.4 Å². The normalized spacial score (nSPS) is 12.1. The first-order chi connectivity index (χ1) is 6.73. The molecule has 0 atom stereocenters. The maximum Gasteiger partial charge on any atom is 0.264 e. The van der Waals surface area contributed by atoms with Crippen LogP contribution in [0.2, 0.25) is 0 Å². The first-order valence-electron chi connectivity index (χ1n) is 3.71. The molecule has 1 rings (SSSR count). The van der Waals surface area contributed by atoms with Gasteiger partial charge in [0.15, 0.2) is 5.03 Å². The third kappa shape index (κ3) is 2.45. The number of halogens is 3. The summed E-state index contributed by atoms with van der Waals surface area (Å²) in [5.41, 5.74) is -1.12. The zero-order valence-electron chi connectivity index (χ0n) is 7.54. The van der Waals surface area contributed by atoms with Crippen LogP contribution in [0.25, 0.3) is 0 Å². The van der Waals surface area contributed by atoms with Gasteiger partial charge in [0.25, 0.3) is 16.4 Å². The highest BCUT2D eigenvalue weighted by atomic mass is 32.2. The van der Waals surface area contributed by atoms with Crippen molar-refractivity contribution < 1.29 is 21.6 Å². The number of nitrogens with zero attached hydrogens (tertiary/aromatic N) is 1. The van der Waals surface area contributed by atoms with Gasteiger partial charge < -0.3 is 0 Å². The third-order valence-electron chi connectivity index (χ3n) is 1.76. The van der Waals surface area contributed by atoms with Crippen LogP contribution in [0.4, 0.5) is 13.2 Å². The second-order valence-electron chi connectivity index (χ2n) is 2.81. The first kappa shape index (κ1) is 11.9. The van der Waals surface area contributed by atoms with Gasteiger partial charge in [-0.1, -0.05) is 0 Å². The Morgan fingerprint density at radius 1 is 1.47 bits per heavy atom. The molecule has 8 heteroatoms. The highest BCUT2D eigenvalue weighted by Crippen LogP contribution is 2.25. The summed E-state index contributed by atoms with van der Waals surface area (Å²) in [6.07, 6.45) is -2.98. The fourth-order valence-electron chi connectivity index (χ4n) is 0.946. The minimum atomic E-state index is -4.28. The Hall–Kier alpha value is -1.15. The van der Waals surface area contributed by atoms with E-state index in [1.165, 1.54) is 0 Å². The fraction of sp³-hybridized carbons (Fsp3) is 0.286. The van der Waals surface area contributed by atoms with Crippen molar-refractivity contribution >= 4 is 10.0 Å². The van der Waals surface area contributed by atoms with Gasteiger partial charge in [-0.05, 0) is 13.0 Å². The van der Waals surface area contributed by atoms with Gasteiger partial charge in [-0.2, -0.15) is 4.39 Å². The number of primary sulfonamides is 1. The standard InChI is InChI=1S/C7H7F3N2O2S/c1-3-4(6(8)9)2-5(12-7(3)10)15(11,13)14/h2,6H,1H3,(H2,11,13,14). The number of nitrogens with two attached hydrogens (primary N) is 1. The van der Waals surface area contributed by atoms with E-state index in [-0.39, 0.29) is 0 Å². The van der Waals surface area contributed by atoms with Crippen molar-refractivity contribution in [3.05, 3.63) is 23.1 Å². The second-order valence-corrected chi connectivity index (χ2v) is 4.32. The fourth-order valence-corrected chi connectivity index (χ4v) is 1.44. The summed E-state index contributed by atoms with van der Waals surface area (Å²) in [7, 11) is -4.28. The summed E-state index contributed by atoms with van der Waals surface area (Å²) >= 11 is 0. The van der Waals surface area contributed by atoms with Crippen molar-refractivity contribution in [3.63, 3.8) is 0 Å². The predicted octanol–water partition coefficient (Wildman–Crippen LogP) is 1.11. The molecule has 0 radical (unpaired) electrons. The molecule has 15 heavy (non-hydrogen) atoms. The summed E-state index contributed by atoms with van der Waals surface area (Å²) in [5, 5.41) is 3.74. The average molecular weight is 240 g/mol. The maximum atomic E-state index is 13.0. The minimum Gasteiger partial charge on any atom is -0.223 e. The highest BCUT2D eigenvalue weighted by molar-refractivity contribution is 7.89. The van der Waals surface area contributed by atoms with Crippen LogP contribution >= 0.6 is 0 Å². The Kier molecular flexibility index (Phi) is 3.00. The molecule has 0 amide bonds. The molecule has 84 valence electrons. The van der Waals surface area contributed by atoms with Crippen molar-refractivity contribution in [1.82, 2.24) is 4.98 Å². The Labute approximate surface area is 84.0 Å². The van der Waals surface area contributed by atoms with E-state index in [1.807, 2.05) is 0 Å². The van der Waals surface area contributed by atoms with Gasteiger partial charge in [-0.25, -0.2) is 27.3 Å². The van der Waals surface area contributed by atoms with Crippen molar-refractivity contribution in [2.75, 3.05) is 0 Å². The van der Waals surface area contributed by atoms with Crippen LogP contribution in [0.1, 0.15) is 17.6 Å². The molecule has 1 heterocycles. The van der Waals surface area contributed by atoms with E-state index in [1.54, 1.807) is 0 Å². The lowest BCUT2D eigenvalue weighted by atomic mass is 10.2. The van der Waals surface area contributed by atoms with E-state index in [0.717, 1.165) is 6.92 Å². The smallest absolute Gasteiger partial charge is 0.223 e. The van der Waals surface area contributed by atoms with E-state index in [2.05, 4.69) is 10.1 Å². The van der Waals surface area contributed by atoms with Crippen molar-refractivity contribution in [1.29, 1.82) is 0 Å². The Morgan fingerprint density at radius 3 is 2.40 bits per heavy atom. The number of rotatable bonds is 2. The van der Waals surface area contributed by atoms with E-state index >= 15 is 0 Å². The summed E-state index contributed by atoms with van der Waals surface area (Å²) in [4.78, 5) is 2.97. The molecule has 1 aromatic rings. The molecular formula is C7H7F3N2O2S. The van der Waals surface area contributed by atoms with Gasteiger partial charge in [0.05, 0.1) is 0 Å². The van der Waals surface area contributed by atoms with Gasteiger partial charge >= 0.3 is 0 Å². The SMILES string of the molecule is Cc1c(C(F)F)cc(S(N)(=O)=O)nc1F. The van der Waals surface area contributed by atoms with E-state index in [0.29, 0.717) is 6.07 Å². The van der Waals surface area contributed by atoms with Crippen LogP contribution in [0.3, 0.4) is 0 Å². The summed E-state index contributed by atoms with van der Waals surface area (Å²) in [6, 6.07) is 0.568. The van der Waals surface area contributed by atoms with Crippen LogP contribution < -0.4 is 5.14 Å². The number of hydrogen-bond donors (Lipinski definition) is 1. The molecule has 1 aromatic heterocycles. The molecule has 0 fully saturated rings. The zero-order chi connectivity index (χ0) is 11.8. The Morgan fingerprint density at radius 2 is 2.00 bits per heavy atom. The van der Waals surface area contributed by atoms with E-state index in [9.17, 15) is 21.6 Å². The molecular weight excluding hydrogens is 233 g/mol. The van der Waals surface area contributed by atoms with Gasteiger partial charge in [0.2, 0.25) is 5.95 Å². The predicted molar refractivity (Wildman–Crippen MR) is 45.3 cm³/mol. The highest BCUT2D eigenvalue weighted by Gasteiger charge is 2.20. The number of pyridine rings is 1. The van der Waals surface area contributed by atoms with E-state index < -0.39 is 38.5 Å². The average Bonchev–Trinajstić information content (AvgIpc) is 2.06. The maximum absolute atomic E-state index is 13.0. The van der Waals surface area contributed by atoms with Crippen molar-refractivity contribution in [3.8, 4) is 0 Å². The van der Waals surface area contributed by atoms with Crippen LogP contribution in [0.5, 0.6) is 0 Å². The van der Waals surface area contributed by atoms with Gasteiger partial charge in [-0.15, -0.1) is 0 Å². The molecule has 0 saturated heterocycles. The molecule has 0 aliphatic heterocycles. The summed E-state index contributed by atoms with van der Waals surface area (Å²) < 4.78 is 59.2. The van der Waals surface area contributed by atoms with Crippen molar-refractivity contribution in [2.24, 2.45) is 5.14 Å². The zero-order valence-corrected chi connectivity index (χ0v) is 8.35. The monoisotopic (exact) mass is 240 g/mol. The number of hydrogen-bond acceptors (Lipinski definition) is 3. The second kappa shape index (κ2) is 3.78.